The van der Waals surface area contributed by atoms with Crippen molar-refractivity contribution in [3.8, 4) is 0 Å². The van der Waals surface area contributed by atoms with Crippen molar-refractivity contribution in [2.24, 2.45) is 0 Å². The van der Waals surface area contributed by atoms with Crippen LogP contribution in [-0.4, -0.2) is 19.1 Å². The fraction of sp³-hybridized carbons (Fsp3) is 0.800. The summed E-state index contributed by atoms with van der Waals surface area (Å²) in [7, 11) is 1.33. The summed E-state index contributed by atoms with van der Waals surface area (Å²) in [4.78, 5) is 14.2. The van der Waals surface area contributed by atoms with Gasteiger partial charge in [-0.05, 0) is 6.42 Å². The van der Waals surface area contributed by atoms with E-state index < -0.39 is 12.0 Å². The third kappa shape index (κ3) is 5.24. The Morgan fingerprint density at radius 2 is 2.15 bits per heavy atom. The molecule has 0 bridgehead atoms. The molecule has 0 aromatic carbocycles. The lowest BCUT2D eigenvalue weighted by atomic mass is 10.1. The Hall–Kier alpha value is -1.04. The Balaban J connectivity index is 3.62. The van der Waals surface area contributed by atoms with E-state index in [0.29, 0.717) is 6.42 Å². The van der Waals surface area contributed by atoms with Gasteiger partial charge < -0.3 is 9.58 Å². The number of nitrogens with zero attached hydrogens (tertiary/aromatic N) is 1. The Labute approximate surface area is 79.9 Å². The molecule has 1 atom stereocenters. The topological polar surface area (TPSA) is 30.7 Å². The average molecular weight is 183 g/mol. The summed E-state index contributed by atoms with van der Waals surface area (Å²) in [6.45, 7) is 8.93. The van der Waals surface area contributed by atoms with Gasteiger partial charge in [-0.1, -0.05) is 26.2 Å². The van der Waals surface area contributed by atoms with Gasteiger partial charge in [0.15, 0.2) is 0 Å². The minimum atomic E-state index is -0.582. The summed E-state index contributed by atoms with van der Waals surface area (Å²) in [6.07, 6.45) is 5.01. The van der Waals surface area contributed by atoms with Gasteiger partial charge in [-0.25, -0.2) is 11.4 Å². The molecule has 0 radical (unpaired) electrons. The maximum absolute atomic E-state index is 11.0. The molecule has 0 fully saturated rings. The molecular formula is C10H17NO2. The lowest BCUT2D eigenvalue weighted by molar-refractivity contribution is -0.141. The predicted octanol–water partition coefficient (Wildman–Crippen LogP) is 2.42. The van der Waals surface area contributed by atoms with Gasteiger partial charge in [0.1, 0.15) is 0 Å². The normalized spacial score (nSPS) is 11.8. The van der Waals surface area contributed by atoms with E-state index in [9.17, 15) is 4.79 Å². The van der Waals surface area contributed by atoms with Crippen molar-refractivity contribution in [2.45, 2.75) is 45.1 Å². The van der Waals surface area contributed by atoms with Crippen molar-refractivity contribution >= 4 is 5.97 Å². The Bertz CT molecular complexity index is 184. The zero-order valence-corrected chi connectivity index (χ0v) is 8.38. The molecule has 1 unspecified atom stereocenters. The van der Waals surface area contributed by atoms with Crippen molar-refractivity contribution < 1.29 is 9.53 Å². The molecule has 0 aromatic rings. The lowest BCUT2D eigenvalue weighted by Crippen LogP contribution is -2.18. The third-order valence-corrected chi connectivity index (χ3v) is 1.96. The minimum absolute atomic E-state index is 0.397. The number of carbonyl (C=O) groups is 1. The van der Waals surface area contributed by atoms with E-state index in [1.165, 1.54) is 20.0 Å². The zero-order valence-electron chi connectivity index (χ0n) is 8.38. The summed E-state index contributed by atoms with van der Waals surface area (Å²) in [5.74, 6) is -0.397. The van der Waals surface area contributed by atoms with Crippen LogP contribution in [0.5, 0.6) is 0 Å². The first kappa shape index (κ1) is 12.0. The molecule has 0 aromatic heterocycles. The van der Waals surface area contributed by atoms with Gasteiger partial charge in [0, 0.05) is 6.42 Å². The number of unbranched alkanes of at least 4 members (excludes halogenated alkanes) is 3. The van der Waals surface area contributed by atoms with Gasteiger partial charge in [0.2, 0.25) is 0 Å². The molecule has 0 amide bonds. The number of methoxy groups -OCH3 is 1. The largest absolute Gasteiger partial charge is 0.463 e. The molecule has 3 heteroatoms. The average Bonchev–Trinajstić information content (AvgIpc) is 2.17. The van der Waals surface area contributed by atoms with Crippen LogP contribution in [0.2, 0.25) is 0 Å². The summed E-state index contributed by atoms with van der Waals surface area (Å²) in [5, 5.41) is 0. The Kier molecular flexibility index (Phi) is 6.99. The SMILES string of the molecule is [C-]#[N+]C(CCCCCC)C(=O)OC. The highest BCUT2D eigenvalue weighted by atomic mass is 16.5. The number of ether oxygens (including phenoxy) is 1. The van der Waals surface area contributed by atoms with Crippen molar-refractivity contribution in [3.63, 3.8) is 0 Å². The van der Waals surface area contributed by atoms with Crippen molar-refractivity contribution in [3.05, 3.63) is 11.4 Å². The van der Waals surface area contributed by atoms with E-state index in [1.54, 1.807) is 0 Å². The summed E-state index contributed by atoms with van der Waals surface area (Å²) in [6, 6.07) is -0.582. The molecule has 0 aliphatic heterocycles. The summed E-state index contributed by atoms with van der Waals surface area (Å²) in [5.41, 5.74) is 0. The highest BCUT2D eigenvalue weighted by Gasteiger charge is 2.22. The van der Waals surface area contributed by atoms with Gasteiger partial charge in [-0.2, -0.15) is 0 Å². The van der Waals surface area contributed by atoms with Crippen LogP contribution in [0.4, 0.5) is 0 Å². The minimum Gasteiger partial charge on any atom is -0.463 e. The molecule has 74 valence electrons. The highest BCUT2D eigenvalue weighted by Crippen LogP contribution is 2.09. The second kappa shape index (κ2) is 7.60. The van der Waals surface area contributed by atoms with E-state index in [1.807, 2.05) is 0 Å². The van der Waals surface area contributed by atoms with Gasteiger partial charge in [-0.15, -0.1) is 0 Å². The fourth-order valence-corrected chi connectivity index (χ4v) is 1.14. The van der Waals surface area contributed by atoms with E-state index in [4.69, 9.17) is 6.57 Å². The number of esters is 1. The Morgan fingerprint density at radius 1 is 1.46 bits per heavy atom. The van der Waals surface area contributed by atoms with Crippen LogP contribution in [0.25, 0.3) is 4.85 Å². The number of rotatable bonds is 6. The smallest absolute Gasteiger partial charge is 0.389 e. The van der Waals surface area contributed by atoms with Gasteiger partial charge in [0.05, 0.1) is 7.11 Å². The standard InChI is InChI=1S/C10H17NO2/c1-4-5-6-7-8-9(11-2)10(12)13-3/h9H,4-8H2,1,3H3. The van der Waals surface area contributed by atoms with E-state index >= 15 is 0 Å². The van der Waals surface area contributed by atoms with Crippen LogP contribution in [-0.2, 0) is 9.53 Å². The number of hydrogen-bond acceptors (Lipinski definition) is 2. The first-order valence-corrected chi connectivity index (χ1v) is 4.70. The van der Waals surface area contributed by atoms with Gasteiger partial charge >= 0.3 is 12.0 Å². The number of carbonyl (C=O) groups excluding carboxylic acids is 1. The van der Waals surface area contributed by atoms with Crippen molar-refractivity contribution in [2.75, 3.05) is 7.11 Å². The van der Waals surface area contributed by atoms with Crippen LogP contribution in [0.3, 0.4) is 0 Å². The fourth-order valence-electron chi connectivity index (χ4n) is 1.14. The maximum atomic E-state index is 11.0. The second-order valence-corrected chi connectivity index (χ2v) is 3.02. The van der Waals surface area contributed by atoms with Crippen LogP contribution >= 0.6 is 0 Å². The third-order valence-electron chi connectivity index (χ3n) is 1.96. The van der Waals surface area contributed by atoms with Gasteiger partial charge in [-0.3, -0.25) is 0 Å². The molecular weight excluding hydrogens is 166 g/mol. The molecule has 0 aliphatic rings. The van der Waals surface area contributed by atoms with Crippen LogP contribution in [0.1, 0.15) is 39.0 Å². The second-order valence-electron chi connectivity index (χ2n) is 3.02. The molecule has 0 saturated carbocycles. The first-order valence-electron chi connectivity index (χ1n) is 4.70. The van der Waals surface area contributed by atoms with Crippen molar-refractivity contribution in [1.82, 2.24) is 0 Å². The molecule has 0 aliphatic carbocycles. The maximum Gasteiger partial charge on any atom is 0.389 e. The molecule has 0 saturated heterocycles. The predicted molar refractivity (Wildman–Crippen MR) is 51.2 cm³/mol. The highest BCUT2D eigenvalue weighted by molar-refractivity contribution is 5.77. The summed E-state index contributed by atoms with van der Waals surface area (Å²) < 4.78 is 4.51. The Morgan fingerprint density at radius 3 is 2.62 bits per heavy atom. The monoisotopic (exact) mass is 183 g/mol. The molecule has 0 rings (SSSR count). The lowest BCUT2D eigenvalue weighted by Gasteiger charge is -2.02. The quantitative estimate of drug-likeness (QED) is 0.359. The van der Waals surface area contributed by atoms with Crippen molar-refractivity contribution in [1.29, 1.82) is 0 Å². The van der Waals surface area contributed by atoms with Crippen LogP contribution < -0.4 is 0 Å². The zero-order chi connectivity index (χ0) is 10.1. The van der Waals surface area contributed by atoms with E-state index in [0.717, 1.165) is 12.8 Å². The molecule has 3 nitrogen and oxygen atoms in total. The van der Waals surface area contributed by atoms with E-state index in [2.05, 4.69) is 16.5 Å². The molecule has 0 heterocycles. The first-order chi connectivity index (χ1) is 6.26. The number of hydrogen-bond donors (Lipinski definition) is 0. The molecule has 0 N–H and O–H groups in total. The van der Waals surface area contributed by atoms with Crippen LogP contribution in [0, 0.1) is 6.57 Å². The van der Waals surface area contributed by atoms with Crippen LogP contribution in [0.15, 0.2) is 0 Å². The van der Waals surface area contributed by atoms with E-state index in [-0.39, 0.29) is 0 Å². The molecule has 0 spiro atoms. The van der Waals surface area contributed by atoms with Gasteiger partial charge in [0.25, 0.3) is 0 Å². The summed E-state index contributed by atoms with van der Waals surface area (Å²) >= 11 is 0. The molecule has 13 heavy (non-hydrogen) atoms.